The van der Waals surface area contributed by atoms with Crippen LogP contribution in [0.25, 0.3) is 0 Å². The minimum Gasteiger partial charge on any atom is -0.480 e. The second-order valence-electron chi connectivity index (χ2n) is 6.51. The van der Waals surface area contributed by atoms with Gasteiger partial charge in [0.2, 0.25) is 5.91 Å². The first-order valence-corrected chi connectivity index (χ1v) is 7.96. The standard InChI is InChI=1S/C18H27NO4/c1-5-13-8-6-7-9-14(13)12-16(20)19-15(17(21)22)10-11-23-18(2,3)4/h6-9,15H,5,10-12H2,1-4H3,(H,19,20)(H,21,22). The van der Waals surface area contributed by atoms with Gasteiger partial charge in [0.05, 0.1) is 12.0 Å². The first kappa shape index (κ1) is 19.2. The first-order valence-electron chi connectivity index (χ1n) is 7.96. The molecule has 0 fully saturated rings. The van der Waals surface area contributed by atoms with Crippen LogP contribution in [0.2, 0.25) is 0 Å². The number of rotatable bonds is 8. The molecule has 0 saturated carbocycles. The summed E-state index contributed by atoms with van der Waals surface area (Å²) in [7, 11) is 0. The van der Waals surface area contributed by atoms with Gasteiger partial charge in [-0.2, -0.15) is 0 Å². The number of aliphatic carboxylic acids is 1. The van der Waals surface area contributed by atoms with Crippen molar-refractivity contribution in [2.24, 2.45) is 0 Å². The molecule has 1 rings (SSSR count). The zero-order valence-corrected chi connectivity index (χ0v) is 14.4. The molecule has 1 amide bonds. The number of nitrogens with one attached hydrogen (secondary N) is 1. The summed E-state index contributed by atoms with van der Waals surface area (Å²) in [6.07, 6.45) is 1.27. The number of carbonyl (C=O) groups is 2. The lowest BCUT2D eigenvalue weighted by atomic mass is 10.0. The highest BCUT2D eigenvalue weighted by molar-refractivity contribution is 5.85. The molecule has 0 saturated heterocycles. The zero-order valence-electron chi connectivity index (χ0n) is 14.4. The third-order valence-corrected chi connectivity index (χ3v) is 3.43. The Morgan fingerprint density at radius 3 is 2.35 bits per heavy atom. The van der Waals surface area contributed by atoms with E-state index in [0.717, 1.165) is 17.5 Å². The van der Waals surface area contributed by atoms with E-state index >= 15 is 0 Å². The molecule has 0 bridgehead atoms. The Morgan fingerprint density at radius 1 is 1.22 bits per heavy atom. The van der Waals surface area contributed by atoms with Crippen molar-refractivity contribution in [3.63, 3.8) is 0 Å². The maximum absolute atomic E-state index is 12.1. The fourth-order valence-electron chi connectivity index (χ4n) is 2.23. The average molecular weight is 321 g/mol. The van der Waals surface area contributed by atoms with Gasteiger partial charge in [0.15, 0.2) is 0 Å². The maximum atomic E-state index is 12.1. The molecule has 1 aromatic carbocycles. The molecule has 5 nitrogen and oxygen atoms in total. The molecule has 23 heavy (non-hydrogen) atoms. The number of amides is 1. The Morgan fingerprint density at radius 2 is 1.83 bits per heavy atom. The van der Waals surface area contributed by atoms with Crippen LogP contribution in [0.15, 0.2) is 24.3 Å². The van der Waals surface area contributed by atoms with Gasteiger partial charge in [-0.15, -0.1) is 0 Å². The van der Waals surface area contributed by atoms with Crippen LogP contribution < -0.4 is 5.32 Å². The highest BCUT2D eigenvalue weighted by Gasteiger charge is 2.21. The zero-order chi connectivity index (χ0) is 17.5. The summed E-state index contributed by atoms with van der Waals surface area (Å²) in [5, 5.41) is 11.8. The van der Waals surface area contributed by atoms with Crippen LogP contribution in [-0.4, -0.2) is 35.2 Å². The highest BCUT2D eigenvalue weighted by Crippen LogP contribution is 2.11. The molecule has 1 unspecified atom stereocenters. The molecule has 0 aliphatic heterocycles. The first-order chi connectivity index (χ1) is 10.7. The fourth-order valence-corrected chi connectivity index (χ4v) is 2.23. The summed E-state index contributed by atoms with van der Waals surface area (Å²) in [4.78, 5) is 23.4. The fraction of sp³-hybridized carbons (Fsp3) is 0.556. The van der Waals surface area contributed by atoms with Crippen molar-refractivity contribution in [1.29, 1.82) is 0 Å². The van der Waals surface area contributed by atoms with E-state index in [9.17, 15) is 14.7 Å². The van der Waals surface area contributed by atoms with E-state index in [0.29, 0.717) is 0 Å². The Balaban J connectivity index is 2.59. The Hall–Kier alpha value is -1.88. The Kier molecular flexibility index (Phi) is 7.23. The van der Waals surface area contributed by atoms with Crippen molar-refractivity contribution in [2.75, 3.05) is 6.61 Å². The molecule has 0 radical (unpaired) electrons. The number of aryl methyl sites for hydroxylation is 1. The van der Waals surface area contributed by atoms with Gasteiger partial charge in [-0.1, -0.05) is 31.2 Å². The minimum absolute atomic E-state index is 0.188. The second-order valence-corrected chi connectivity index (χ2v) is 6.51. The molecule has 5 heteroatoms. The SMILES string of the molecule is CCc1ccccc1CC(=O)NC(CCOC(C)(C)C)C(=O)O. The smallest absolute Gasteiger partial charge is 0.326 e. The summed E-state index contributed by atoms with van der Waals surface area (Å²) in [6.45, 7) is 8.03. The van der Waals surface area contributed by atoms with Gasteiger partial charge >= 0.3 is 5.97 Å². The van der Waals surface area contributed by atoms with Gasteiger partial charge in [0.1, 0.15) is 6.04 Å². The predicted molar refractivity (Wildman–Crippen MR) is 89.4 cm³/mol. The van der Waals surface area contributed by atoms with Crippen LogP contribution in [0.1, 0.15) is 45.2 Å². The van der Waals surface area contributed by atoms with Gasteiger partial charge in [-0.25, -0.2) is 4.79 Å². The van der Waals surface area contributed by atoms with E-state index in [4.69, 9.17) is 4.74 Å². The molecule has 1 aromatic rings. The topological polar surface area (TPSA) is 75.6 Å². The van der Waals surface area contributed by atoms with E-state index < -0.39 is 12.0 Å². The lowest BCUT2D eigenvalue weighted by Gasteiger charge is -2.21. The third kappa shape index (κ3) is 7.28. The van der Waals surface area contributed by atoms with Crippen LogP contribution in [0, 0.1) is 0 Å². The van der Waals surface area contributed by atoms with E-state index in [1.807, 2.05) is 52.0 Å². The molecule has 0 aliphatic carbocycles. The van der Waals surface area contributed by atoms with Crippen molar-refractivity contribution in [3.8, 4) is 0 Å². The summed E-state index contributed by atoms with van der Waals surface area (Å²) in [5.41, 5.74) is 1.71. The van der Waals surface area contributed by atoms with Crippen molar-refractivity contribution < 1.29 is 19.4 Å². The Bertz CT molecular complexity index is 534. The maximum Gasteiger partial charge on any atom is 0.326 e. The predicted octanol–water partition coefficient (Wildman–Crippen LogP) is 2.57. The molecular formula is C18H27NO4. The van der Waals surface area contributed by atoms with Gasteiger partial charge in [0, 0.05) is 13.0 Å². The second kappa shape index (κ2) is 8.67. The highest BCUT2D eigenvalue weighted by atomic mass is 16.5. The average Bonchev–Trinajstić information content (AvgIpc) is 2.45. The number of ether oxygens (including phenoxy) is 1. The molecule has 0 spiro atoms. The van der Waals surface area contributed by atoms with E-state index in [1.165, 1.54) is 0 Å². The number of carboxylic acids is 1. The van der Waals surface area contributed by atoms with Gasteiger partial charge in [-0.05, 0) is 38.3 Å². The van der Waals surface area contributed by atoms with Crippen LogP contribution in [0.3, 0.4) is 0 Å². The Labute approximate surface area is 138 Å². The van der Waals surface area contributed by atoms with Gasteiger partial charge < -0.3 is 15.2 Å². The summed E-state index contributed by atoms with van der Waals surface area (Å²) < 4.78 is 5.53. The molecule has 1 atom stereocenters. The summed E-state index contributed by atoms with van der Waals surface area (Å²) >= 11 is 0. The van der Waals surface area contributed by atoms with Crippen LogP contribution in [0.4, 0.5) is 0 Å². The lowest BCUT2D eigenvalue weighted by molar-refractivity contribution is -0.142. The molecule has 128 valence electrons. The van der Waals surface area contributed by atoms with Crippen molar-refractivity contribution in [1.82, 2.24) is 5.32 Å². The largest absolute Gasteiger partial charge is 0.480 e. The van der Waals surface area contributed by atoms with Gasteiger partial charge in [-0.3, -0.25) is 4.79 Å². The van der Waals surface area contributed by atoms with Crippen molar-refractivity contribution in [2.45, 2.75) is 58.6 Å². The van der Waals surface area contributed by atoms with Crippen molar-refractivity contribution in [3.05, 3.63) is 35.4 Å². The molecular weight excluding hydrogens is 294 g/mol. The number of hydrogen-bond acceptors (Lipinski definition) is 3. The number of benzene rings is 1. The minimum atomic E-state index is -1.04. The quantitative estimate of drug-likeness (QED) is 0.771. The molecule has 0 aromatic heterocycles. The van der Waals surface area contributed by atoms with E-state index in [-0.39, 0.29) is 31.0 Å². The van der Waals surface area contributed by atoms with Crippen LogP contribution in [-0.2, 0) is 27.2 Å². The third-order valence-electron chi connectivity index (χ3n) is 3.43. The summed E-state index contributed by atoms with van der Waals surface area (Å²) in [6, 6.07) is 6.77. The van der Waals surface area contributed by atoms with Gasteiger partial charge in [0.25, 0.3) is 0 Å². The van der Waals surface area contributed by atoms with E-state index in [1.54, 1.807) is 0 Å². The van der Waals surface area contributed by atoms with Crippen LogP contribution >= 0.6 is 0 Å². The van der Waals surface area contributed by atoms with E-state index in [2.05, 4.69) is 5.32 Å². The van der Waals surface area contributed by atoms with Crippen LogP contribution in [0.5, 0.6) is 0 Å². The molecule has 0 aliphatic rings. The number of carbonyl (C=O) groups excluding carboxylic acids is 1. The van der Waals surface area contributed by atoms with Crippen molar-refractivity contribution >= 4 is 11.9 Å². The molecule has 0 heterocycles. The number of hydrogen-bond donors (Lipinski definition) is 2. The number of carboxylic acid groups (broad SMARTS) is 1. The normalized spacial score (nSPS) is 12.7. The molecule has 2 N–H and O–H groups in total. The lowest BCUT2D eigenvalue weighted by Crippen LogP contribution is -2.42. The summed E-state index contributed by atoms with van der Waals surface area (Å²) in [5.74, 6) is -1.33. The monoisotopic (exact) mass is 321 g/mol.